The minimum absolute atomic E-state index is 0.422. The van der Waals surface area contributed by atoms with Crippen molar-refractivity contribution in [3.05, 3.63) is 54.5 Å². The number of rotatable bonds is 3. The molecule has 0 aliphatic rings. The van der Waals surface area contributed by atoms with Crippen molar-refractivity contribution in [2.75, 3.05) is 5.73 Å². The van der Waals surface area contributed by atoms with E-state index in [0.29, 0.717) is 12.4 Å². The quantitative estimate of drug-likeness (QED) is 0.743. The summed E-state index contributed by atoms with van der Waals surface area (Å²) in [6, 6.07) is 9.95. The van der Waals surface area contributed by atoms with Gasteiger partial charge in [-0.15, -0.1) is 5.10 Å². The van der Waals surface area contributed by atoms with Crippen LogP contribution in [0.1, 0.15) is 5.56 Å². The van der Waals surface area contributed by atoms with Crippen molar-refractivity contribution in [3.63, 3.8) is 0 Å². The average molecular weight is 240 g/mol. The molecule has 2 heterocycles. The molecular formula is C12H12N6. The number of nitrogens with two attached hydrogens (primary N) is 1. The van der Waals surface area contributed by atoms with Gasteiger partial charge in [-0.25, -0.2) is 9.36 Å². The van der Waals surface area contributed by atoms with Crippen LogP contribution < -0.4 is 5.73 Å². The van der Waals surface area contributed by atoms with Gasteiger partial charge in [-0.1, -0.05) is 23.4 Å². The summed E-state index contributed by atoms with van der Waals surface area (Å²) in [4.78, 5) is 0. The first-order valence-electron chi connectivity index (χ1n) is 5.56. The van der Waals surface area contributed by atoms with Gasteiger partial charge in [0, 0.05) is 11.8 Å². The second-order valence-corrected chi connectivity index (χ2v) is 3.97. The van der Waals surface area contributed by atoms with E-state index in [-0.39, 0.29) is 0 Å². The highest BCUT2D eigenvalue weighted by Crippen LogP contribution is 2.08. The van der Waals surface area contributed by atoms with Gasteiger partial charge in [-0.2, -0.15) is 5.10 Å². The van der Waals surface area contributed by atoms with Gasteiger partial charge in [0.05, 0.1) is 24.6 Å². The molecule has 0 aliphatic heterocycles. The zero-order chi connectivity index (χ0) is 12.4. The molecule has 0 spiro atoms. The Morgan fingerprint density at radius 2 is 1.94 bits per heavy atom. The van der Waals surface area contributed by atoms with Gasteiger partial charge in [-0.05, 0) is 12.1 Å². The van der Waals surface area contributed by atoms with Crippen LogP contribution in [0.2, 0.25) is 0 Å². The van der Waals surface area contributed by atoms with Crippen LogP contribution in [-0.2, 0) is 6.54 Å². The Labute approximate surface area is 104 Å². The molecule has 2 N–H and O–H groups in total. The van der Waals surface area contributed by atoms with E-state index in [9.17, 15) is 0 Å². The molecule has 0 atom stereocenters. The SMILES string of the molecule is Nc1cn(Cc2cnn(-c3ccccc3)c2)nn1. The molecule has 6 nitrogen and oxygen atoms in total. The summed E-state index contributed by atoms with van der Waals surface area (Å²) >= 11 is 0. The summed E-state index contributed by atoms with van der Waals surface area (Å²) in [6.45, 7) is 0.608. The number of hydrogen-bond acceptors (Lipinski definition) is 4. The molecule has 0 saturated carbocycles. The van der Waals surface area contributed by atoms with Crippen molar-refractivity contribution in [3.8, 4) is 5.69 Å². The van der Waals surface area contributed by atoms with Crippen LogP contribution >= 0.6 is 0 Å². The van der Waals surface area contributed by atoms with E-state index >= 15 is 0 Å². The van der Waals surface area contributed by atoms with Crippen LogP contribution in [0, 0.1) is 0 Å². The fourth-order valence-corrected chi connectivity index (χ4v) is 1.74. The summed E-state index contributed by atoms with van der Waals surface area (Å²) in [6.07, 6.45) is 5.47. The summed E-state index contributed by atoms with van der Waals surface area (Å²) in [7, 11) is 0. The van der Waals surface area contributed by atoms with Crippen molar-refractivity contribution in [2.24, 2.45) is 0 Å². The fourth-order valence-electron chi connectivity index (χ4n) is 1.74. The summed E-state index contributed by atoms with van der Waals surface area (Å²) in [5.41, 5.74) is 7.59. The van der Waals surface area contributed by atoms with E-state index in [1.807, 2.05) is 47.4 Å². The molecule has 0 amide bonds. The lowest BCUT2D eigenvalue weighted by Gasteiger charge is -1.99. The fraction of sp³-hybridized carbons (Fsp3) is 0.0833. The van der Waals surface area contributed by atoms with Crippen molar-refractivity contribution in [1.82, 2.24) is 24.8 Å². The molecule has 0 radical (unpaired) electrons. The Bertz CT molecular complexity index is 639. The van der Waals surface area contributed by atoms with Gasteiger partial charge in [0.25, 0.3) is 0 Å². The van der Waals surface area contributed by atoms with E-state index in [0.717, 1.165) is 11.3 Å². The first-order chi connectivity index (χ1) is 8.81. The molecule has 18 heavy (non-hydrogen) atoms. The Balaban J connectivity index is 1.82. The lowest BCUT2D eigenvalue weighted by molar-refractivity contribution is 0.649. The standard InChI is InChI=1S/C12H12N6/c13-12-9-17(16-15-12)7-10-6-14-18(8-10)11-4-2-1-3-5-11/h1-6,8-9H,7,13H2. The van der Waals surface area contributed by atoms with Crippen LogP contribution in [-0.4, -0.2) is 24.8 Å². The van der Waals surface area contributed by atoms with Gasteiger partial charge in [0.15, 0.2) is 5.82 Å². The Kier molecular flexibility index (Phi) is 2.53. The van der Waals surface area contributed by atoms with Crippen LogP contribution in [0.5, 0.6) is 0 Å². The van der Waals surface area contributed by atoms with Gasteiger partial charge < -0.3 is 5.73 Å². The third-order valence-electron chi connectivity index (χ3n) is 2.56. The molecule has 1 aromatic carbocycles. The second kappa shape index (κ2) is 4.33. The van der Waals surface area contributed by atoms with E-state index in [4.69, 9.17) is 5.73 Å². The maximum atomic E-state index is 5.51. The number of anilines is 1. The van der Waals surface area contributed by atoms with Gasteiger partial charge >= 0.3 is 0 Å². The number of nitrogen functional groups attached to an aromatic ring is 1. The van der Waals surface area contributed by atoms with E-state index < -0.39 is 0 Å². The predicted molar refractivity (Wildman–Crippen MR) is 67.1 cm³/mol. The van der Waals surface area contributed by atoms with Crippen LogP contribution in [0.4, 0.5) is 5.82 Å². The van der Waals surface area contributed by atoms with Gasteiger partial charge in [-0.3, -0.25) is 0 Å². The minimum Gasteiger partial charge on any atom is -0.381 e. The number of nitrogens with zero attached hydrogens (tertiary/aromatic N) is 5. The van der Waals surface area contributed by atoms with Crippen molar-refractivity contribution in [2.45, 2.75) is 6.54 Å². The molecule has 0 fully saturated rings. The maximum absolute atomic E-state index is 5.51. The highest BCUT2D eigenvalue weighted by Gasteiger charge is 2.02. The van der Waals surface area contributed by atoms with E-state index in [2.05, 4.69) is 15.4 Å². The minimum atomic E-state index is 0.422. The molecule has 2 aromatic heterocycles. The Morgan fingerprint density at radius 1 is 1.11 bits per heavy atom. The molecule has 90 valence electrons. The largest absolute Gasteiger partial charge is 0.381 e. The number of hydrogen-bond donors (Lipinski definition) is 1. The summed E-state index contributed by atoms with van der Waals surface area (Å²) in [5.74, 6) is 0.422. The smallest absolute Gasteiger partial charge is 0.165 e. The Hall–Kier alpha value is -2.63. The zero-order valence-electron chi connectivity index (χ0n) is 9.64. The number of para-hydroxylation sites is 1. The van der Waals surface area contributed by atoms with E-state index in [1.54, 1.807) is 10.9 Å². The summed E-state index contributed by atoms with van der Waals surface area (Å²) in [5, 5.41) is 12.0. The molecule has 0 saturated heterocycles. The third-order valence-corrected chi connectivity index (χ3v) is 2.56. The second-order valence-electron chi connectivity index (χ2n) is 3.97. The number of aromatic nitrogens is 5. The maximum Gasteiger partial charge on any atom is 0.165 e. The van der Waals surface area contributed by atoms with Gasteiger partial charge in [0.1, 0.15) is 0 Å². The third kappa shape index (κ3) is 2.08. The Morgan fingerprint density at radius 3 is 2.67 bits per heavy atom. The number of benzene rings is 1. The highest BCUT2D eigenvalue weighted by atomic mass is 15.4. The monoisotopic (exact) mass is 240 g/mol. The first kappa shape index (κ1) is 10.5. The van der Waals surface area contributed by atoms with Crippen molar-refractivity contribution in [1.29, 1.82) is 0 Å². The summed E-state index contributed by atoms with van der Waals surface area (Å²) < 4.78 is 3.51. The van der Waals surface area contributed by atoms with Gasteiger partial charge in [0.2, 0.25) is 0 Å². The topological polar surface area (TPSA) is 74.6 Å². The van der Waals surface area contributed by atoms with Crippen LogP contribution in [0.3, 0.4) is 0 Å². The van der Waals surface area contributed by atoms with Crippen molar-refractivity contribution >= 4 is 5.82 Å². The highest BCUT2D eigenvalue weighted by molar-refractivity contribution is 5.31. The van der Waals surface area contributed by atoms with E-state index in [1.165, 1.54) is 0 Å². The normalized spacial score (nSPS) is 10.7. The lowest BCUT2D eigenvalue weighted by Crippen LogP contribution is -1.99. The van der Waals surface area contributed by atoms with Crippen LogP contribution in [0.15, 0.2) is 48.9 Å². The molecule has 3 aromatic rings. The predicted octanol–water partition coefficient (Wildman–Crippen LogP) is 1.09. The molecule has 3 rings (SSSR count). The van der Waals surface area contributed by atoms with Crippen LogP contribution in [0.25, 0.3) is 5.69 Å². The molecule has 0 bridgehead atoms. The lowest BCUT2D eigenvalue weighted by atomic mass is 10.3. The molecule has 0 aliphatic carbocycles. The zero-order valence-corrected chi connectivity index (χ0v) is 9.64. The molecular weight excluding hydrogens is 228 g/mol. The molecule has 0 unspecified atom stereocenters. The van der Waals surface area contributed by atoms with Crippen molar-refractivity contribution < 1.29 is 0 Å². The average Bonchev–Trinajstić information content (AvgIpc) is 3.01. The molecule has 6 heteroatoms. The first-order valence-corrected chi connectivity index (χ1v) is 5.56.